The number of halogens is 3. The van der Waals surface area contributed by atoms with Crippen LogP contribution >= 0.6 is 0 Å². The molecule has 4 heteroatoms. The molecule has 37 heavy (non-hydrogen) atoms. The third-order valence-electron chi connectivity index (χ3n) is 7.68. The molecule has 0 aromatic heterocycles. The van der Waals surface area contributed by atoms with Gasteiger partial charge in [0.1, 0.15) is 5.82 Å². The van der Waals surface area contributed by atoms with E-state index in [0.717, 1.165) is 75.3 Å². The SMILES string of the molecule is CCCCCc1ccc(COC2CCC(c3ccc(-c4ccc(CCC)cc4)c(F)c3F)CC2)cc1F. The molecule has 0 bridgehead atoms. The first-order valence-electron chi connectivity index (χ1n) is 14.0. The van der Waals surface area contributed by atoms with Gasteiger partial charge in [0.05, 0.1) is 12.7 Å². The van der Waals surface area contributed by atoms with Gasteiger partial charge in [-0.25, -0.2) is 13.2 Å². The van der Waals surface area contributed by atoms with Gasteiger partial charge in [-0.3, -0.25) is 0 Å². The second-order valence-corrected chi connectivity index (χ2v) is 10.4. The molecule has 4 rings (SSSR count). The molecule has 1 nitrogen and oxygen atoms in total. The first-order chi connectivity index (χ1) is 18.0. The molecule has 0 N–H and O–H groups in total. The smallest absolute Gasteiger partial charge is 0.166 e. The van der Waals surface area contributed by atoms with Crippen LogP contribution < -0.4 is 0 Å². The second kappa shape index (κ2) is 13.3. The summed E-state index contributed by atoms with van der Waals surface area (Å²) < 4.78 is 50.7. The van der Waals surface area contributed by atoms with Crippen molar-refractivity contribution in [3.05, 3.63) is 94.3 Å². The second-order valence-electron chi connectivity index (χ2n) is 10.4. The van der Waals surface area contributed by atoms with Crippen LogP contribution in [-0.2, 0) is 24.2 Å². The number of ether oxygens (including phenoxy) is 1. The van der Waals surface area contributed by atoms with Crippen molar-refractivity contribution in [1.29, 1.82) is 0 Å². The van der Waals surface area contributed by atoms with Crippen LogP contribution in [0.4, 0.5) is 13.2 Å². The lowest BCUT2D eigenvalue weighted by molar-refractivity contribution is 0.0130. The van der Waals surface area contributed by atoms with Crippen molar-refractivity contribution in [2.24, 2.45) is 0 Å². The van der Waals surface area contributed by atoms with Gasteiger partial charge in [0, 0.05) is 5.56 Å². The van der Waals surface area contributed by atoms with Crippen LogP contribution in [0.1, 0.15) is 93.4 Å². The lowest BCUT2D eigenvalue weighted by Gasteiger charge is -2.29. The van der Waals surface area contributed by atoms with E-state index in [-0.39, 0.29) is 17.8 Å². The molecule has 0 heterocycles. The van der Waals surface area contributed by atoms with E-state index in [1.54, 1.807) is 18.2 Å². The Kier molecular flexibility index (Phi) is 9.85. The monoisotopic (exact) mass is 508 g/mol. The topological polar surface area (TPSA) is 9.23 Å². The number of hydrogen-bond donors (Lipinski definition) is 0. The minimum absolute atomic E-state index is 0.0184. The molecule has 198 valence electrons. The molecule has 0 spiro atoms. The van der Waals surface area contributed by atoms with Crippen LogP contribution in [-0.4, -0.2) is 6.10 Å². The van der Waals surface area contributed by atoms with Crippen molar-refractivity contribution >= 4 is 0 Å². The summed E-state index contributed by atoms with van der Waals surface area (Å²) in [6, 6.07) is 16.6. The largest absolute Gasteiger partial charge is 0.374 e. The normalized spacial score (nSPS) is 17.8. The van der Waals surface area contributed by atoms with Gasteiger partial charge in [-0.15, -0.1) is 0 Å². The van der Waals surface area contributed by atoms with E-state index in [1.807, 2.05) is 36.4 Å². The minimum Gasteiger partial charge on any atom is -0.374 e. The Hall–Kier alpha value is -2.59. The zero-order valence-corrected chi connectivity index (χ0v) is 22.2. The van der Waals surface area contributed by atoms with E-state index < -0.39 is 11.6 Å². The van der Waals surface area contributed by atoms with Gasteiger partial charge >= 0.3 is 0 Å². The number of unbranched alkanes of at least 4 members (excludes halogenated alkanes) is 2. The van der Waals surface area contributed by atoms with Crippen LogP contribution in [0, 0.1) is 17.5 Å². The third-order valence-corrected chi connectivity index (χ3v) is 7.68. The molecule has 1 aliphatic carbocycles. The van der Waals surface area contributed by atoms with Gasteiger partial charge in [0.15, 0.2) is 11.6 Å². The van der Waals surface area contributed by atoms with E-state index in [0.29, 0.717) is 23.3 Å². The summed E-state index contributed by atoms with van der Waals surface area (Å²) in [6.07, 6.45) is 9.15. The van der Waals surface area contributed by atoms with Crippen LogP contribution in [0.2, 0.25) is 0 Å². The fourth-order valence-corrected chi connectivity index (χ4v) is 5.45. The highest BCUT2D eigenvalue weighted by Crippen LogP contribution is 2.38. The summed E-state index contributed by atoms with van der Waals surface area (Å²) in [5.41, 5.74) is 4.28. The summed E-state index contributed by atoms with van der Waals surface area (Å²) in [5.74, 6) is -1.66. The minimum atomic E-state index is -0.765. The number of hydrogen-bond acceptors (Lipinski definition) is 1. The zero-order chi connectivity index (χ0) is 26.2. The Balaban J connectivity index is 1.31. The molecule has 0 saturated heterocycles. The van der Waals surface area contributed by atoms with Gasteiger partial charge in [-0.2, -0.15) is 0 Å². The van der Waals surface area contributed by atoms with Gasteiger partial charge in [-0.1, -0.05) is 81.6 Å². The first-order valence-corrected chi connectivity index (χ1v) is 14.0. The number of rotatable bonds is 11. The average molecular weight is 509 g/mol. The Bertz CT molecular complexity index is 1150. The quantitative estimate of drug-likeness (QED) is 0.234. The standard InChI is InChI=1S/C33H39F3O/c1-3-5-6-8-27-14-11-24(21-31(27)34)22-37-28-17-15-26(16-18-28)30-20-19-29(32(35)33(30)36)25-12-9-23(7-4-2)10-13-25/h9-14,19-21,26,28H,3-8,15-18,22H2,1-2H3. The predicted octanol–water partition coefficient (Wildman–Crippen LogP) is 9.70. The Morgan fingerprint density at radius 1 is 0.730 bits per heavy atom. The van der Waals surface area contributed by atoms with Crippen molar-refractivity contribution in [2.75, 3.05) is 0 Å². The van der Waals surface area contributed by atoms with Crippen LogP contribution in [0.3, 0.4) is 0 Å². The zero-order valence-electron chi connectivity index (χ0n) is 22.2. The molecular weight excluding hydrogens is 469 g/mol. The van der Waals surface area contributed by atoms with Gasteiger partial charge < -0.3 is 4.74 Å². The van der Waals surface area contributed by atoms with Gasteiger partial charge in [-0.05, 0) is 84.7 Å². The van der Waals surface area contributed by atoms with E-state index in [1.165, 1.54) is 5.56 Å². The Morgan fingerprint density at radius 2 is 1.46 bits per heavy atom. The van der Waals surface area contributed by atoms with E-state index in [9.17, 15) is 4.39 Å². The first kappa shape index (κ1) is 27.4. The summed E-state index contributed by atoms with van der Waals surface area (Å²) >= 11 is 0. The number of benzene rings is 3. The fraction of sp³-hybridized carbons (Fsp3) is 0.455. The van der Waals surface area contributed by atoms with Crippen molar-refractivity contribution in [1.82, 2.24) is 0 Å². The van der Waals surface area contributed by atoms with Crippen molar-refractivity contribution in [3.63, 3.8) is 0 Å². The highest BCUT2D eigenvalue weighted by Gasteiger charge is 2.27. The van der Waals surface area contributed by atoms with Gasteiger partial charge in [0.2, 0.25) is 0 Å². The van der Waals surface area contributed by atoms with Gasteiger partial charge in [0.25, 0.3) is 0 Å². The van der Waals surface area contributed by atoms with E-state index in [4.69, 9.17) is 4.74 Å². The molecule has 0 aliphatic heterocycles. The van der Waals surface area contributed by atoms with Crippen molar-refractivity contribution in [3.8, 4) is 11.1 Å². The lowest BCUT2D eigenvalue weighted by atomic mass is 9.82. The molecule has 0 unspecified atom stereocenters. The lowest BCUT2D eigenvalue weighted by Crippen LogP contribution is -2.21. The highest BCUT2D eigenvalue weighted by molar-refractivity contribution is 5.65. The van der Waals surface area contributed by atoms with E-state index >= 15 is 8.78 Å². The molecule has 3 aromatic carbocycles. The third kappa shape index (κ3) is 7.04. The van der Waals surface area contributed by atoms with Crippen molar-refractivity contribution in [2.45, 2.75) is 96.7 Å². The molecule has 3 aromatic rings. The summed E-state index contributed by atoms with van der Waals surface area (Å²) in [7, 11) is 0. The summed E-state index contributed by atoms with van der Waals surface area (Å²) in [6.45, 7) is 4.63. The molecular formula is C33H39F3O. The van der Waals surface area contributed by atoms with E-state index in [2.05, 4.69) is 13.8 Å². The Labute approximate surface area is 220 Å². The molecule has 0 atom stereocenters. The fourth-order valence-electron chi connectivity index (χ4n) is 5.45. The maximum absolute atomic E-state index is 15.1. The highest BCUT2D eigenvalue weighted by atomic mass is 19.2. The van der Waals surface area contributed by atoms with Crippen LogP contribution in [0.15, 0.2) is 54.6 Å². The maximum atomic E-state index is 15.1. The van der Waals surface area contributed by atoms with Crippen LogP contribution in [0.25, 0.3) is 11.1 Å². The Morgan fingerprint density at radius 3 is 2.14 bits per heavy atom. The molecule has 1 fully saturated rings. The van der Waals surface area contributed by atoms with Crippen LogP contribution in [0.5, 0.6) is 0 Å². The maximum Gasteiger partial charge on any atom is 0.166 e. The number of aryl methyl sites for hydroxylation is 2. The van der Waals surface area contributed by atoms with Crippen molar-refractivity contribution < 1.29 is 17.9 Å². The summed E-state index contributed by atoms with van der Waals surface area (Å²) in [4.78, 5) is 0. The molecule has 1 saturated carbocycles. The summed E-state index contributed by atoms with van der Waals surface area (Å²) in [5, 5.41) is 0. The molecule has 0 amide bonds. The average Bonchev–Trinajstić information content (AvgIpc) is 2.91. The molecule has 0 radical (unpaired) electrons. The predicted molar refractivity (Wildman–Crippen MR) is 145 cm³/mol. The molecule has 1 aliphatic rings.